The molecule has 0 fully saturated rings. The third-order valence-corrected chi connectivity index (χ3v) is 6.76. The van der Waals surface area contributed by atoms with E-state index in [9.17, 15) is 18.0 Å². The molecule has 0 radical (unpaired) electrons. The van der Waals surface area contributed by atoms with Crippen molar-refractivity contribution in [3.8, 4) is 5.75 Å². The lowest BCUT2D eigenvalue weighted by Gasteiger charge is -2.29. The Morgan fingerprint density at radius 3 is 2.46 bits per heavy atom. The van der Waals surface area contributed by atoms with Crippen molar-refractivity contribution in [1.29, 1.82) is 0 Å². The van der Waals surface area contributed by atoms with Gasteiger partial charge in [0.1, 0.15) is 11.8 Å². The second kappa shape index (κ2) is 13.3. The van der Waals surface area contributed by atoms with Gasteiger partial charge in [0.05, 0.1) is 18.6 Å². The summed E-state index contributed by atoms with van der Waals surface area (Å²) in [5, 5.41) is 3.29. The Morgan fingerprint density at radius 1 is 1.11 bits per heavy atom. The molecule has 0 spiro atoms. The number of sulfonamides is 1. The smallest absolute Gasteiger partial charge is 0.242 e. The Kier molecular flexibility index (Phi) is 10.9. The van der Waals surface area contributed by atoms with Gasteiger partial charge < -0.3 is 15.0 Å². The number of benzene rings is 2. The molecule has 8 nitrogen and oxygen atoms in total. The molecule has 0 bridgehead atoms. The molecule has 0 aliphatic heterocycles. The van der Waals surface area contributed by atoms with Crippen molar-refractivity contribution < 1.29 is 22.7 Å². The van der Waals surface area contributed by atoms with Gasteiger partial charge in [-0.1, -0.05) is 35.9 Å². The van der Waals surface area contributed by atoms with Crippen molar-refractivity contribution >= 4 is 39.1 Å². The van der Waals surface area contributed by atoms with Crippen molar-refractivity contribution in [2.75, 3.05) is 30.3 Å². The number of ether oxygens (including phenoxy) is 1. The summed E-state index contributed by atoms with van der Waals surface area (Å²) in [7, 11) is -3.62. The van der Waals surface area contributed by atoms with Crippen LogP contribution in [0.2, 0.25) is 5.02 Å². The topological polar surface area (TPSA) is 96.0 Å². The molecular weight excluding hydrogens is 490 g/mol. The highest BCUT2D eigenvalue weighted by molar-refractivity contribution is 7.92. The molecule has 0 saturated carbocycles. The number of carbonyl (C=O) groups excluding carboxylic acids is 2. The van der Waals surface area contributed by atoms with Crippen LogP contribution in [0.4, 0.5) is 5.69 Å². The lowest BCUT2D eigenvalue weighted by molar-refractivity contribution is -0.140. The first-order valence-electron chi connectivity index (χ1n) is 11.6. The van der Waals surface area contributed by atoms with Gasteiger partial charge in [-0.2, -0.15) is 0 Å². The van der Waals surface area contributed by atoms with E-state index < -0.39 is 16.1 Å². The minimum atomic E-state index is -3.62. The Morgan fingerprint density at radius 2 is 1.83 bits per heavy atom. The number of rotatable bonds is 13. The van der Waals surface area contributed by atoms with E-state index in [4.69, 9.17) is 16.3 Å². The van der Waals surface area contributed by atoms with Gasteiger partial charge in [-0.05, 0) is 57.0 Å². The summed E-state index contributed by atoms with van der Waals surface area (Å²) in [6, 6.07) is 13.3. The summed E-state index contributed by atoms with van der Waals surface area (Å²) < 4.78 is 31.9. The van der Waals surface area contributed by atoms with Crippen molar-refractivity contribution in [2.24, 2.45) is 0 Å². The molecule has 2 amide bonds. The maximum absolute atomic E-state index is 13.2. The highest BCUT2D eigenvalue weighted by Crippen LogP contribution is 2.30. The fourth-order valence-electron chi connectivity index (χ4n) is 3.66. The lowest BCUT2D eigenvalue weighted by Crippen LogP contribution is -2.47. The molecule has 1 N–H and O–H groups in total. The molecular formula is C25H34ClN3O5S. The number of hydrogen-bond donors (Lipinski definition) is 1. The minimum Gasteiger partial charge on any atom is -0.492 e. The first-order valence-corrected chi connectivity index (χ1v) is 13.8. The van der Waals surface area contributed by atoms with Gasteiger partial charge in [0.25, 0.3) is 0 Å². The van der Waals surface area contributed by atoms with Crippen LogP contribution in [-0.2, 0) is 26.2 Å². The van der Waals surface area contributed by atoms with Crippen LogP contribution < -0.4 is 14.4 Å². The van der Waals surface area contributed by atoms with E-state index in [1.807, 2.05) is 19.9 Å². The fraction of sp³-hybridized carbons (Fsp3) is 0.440. The summed E-state index contributed by atoms with van der Waals surface area (Å²) in [4.78, 5) is 27.2. The minimum absolute atomic E-state index is 0.0626. The normalized spacial score (nSPS) is 12.0. The number of nitrogens with zero attached hydrogens (tertiary/aromatic N) is 2. The zero-order valence-electron chi connectivity index (χ0n) is 20.7. The first-order chi connectivity index (χ1) is 16.6. The molecule has 0 heterocycles. The number of hydrogen-bond acceptors (Lipinski definition) is 5. The van der Waals surface area contributed by atoms with Crippen molar-refractivity contribution in [3.63, 3.8) is 0 Å². The third kappa shape index (κ3) is 8.43. The van der Waals surface area contributed by atoms with Crippen LogP contribution in [0.3, 0.4) is 0 Å². The molecule has 2 aromatic rings. The van der Waals surface area contributed by atoms with Gasteiger partial charge in [0.15, 0.2) is 0 Å². The summed E-state index contributed by atoms with van der Waals surface area (Å²) >= 11 is 6.10. The number of anilines is 1. The standard InChI is InChI=1S/C25H34ClN3O5S/c1-5-27-25(31)19(3)28(18-20-11-9-12-21(26)17-20)24(30)15-10-16-29(35(4,32)33)22-13-7-8-14-23(22)34-6-2/h7-9,11-14,17,19H,5-6,10,15-16,18H2,1-4H3,(H,27,31). The molecule has 0 saturated heterocycles. The Hall–Kier alpha value is -2.78. The highest BCUT2D eigenvalue weighted by atomic mass is 35.5. The molecule has 1 unspecified atom stereocenters. The maximum atomic E-state index is 13.2. The van der Waals surface area contributed by atoms with E-state index in [2.05, 4.69) is 5.32 Å². The first kappa shape index (κ1) is 28.5. The van der Waals surface area contributed by atoms with Crippen LogP contribution in [0.5, 0.6) is 5.75 Å². The number of carbonyl (C=O) groups is 2. The number of para-hydroxylation sites is 2. The Bertz CT molecular complexity index is 1110. The molecule has 35 heavy (non-hydrogen) atoms. The number of nitrogens with one attached hydrogen (secondary N) is 1. The monoisotopic (exact) mass is 523 g/mol. The molecule has 0 aromatic heterocycles. The largest absolute Gasteiger partial charge is 0.492 e. The van der Waals surface area contributed by atoms with Gasteiger partial charge >= 0.3 is 0 Å². The highest BCUT2D eigenvalue weighted by Gasteiger charge is 2.27. The molecule has 1 atom stereocenters. The van der Waals surface area contributed by atoms with Crippen molar-refractivity contribution in [1.82, 2.24) is 10.2 Å². The van der Waals surface area contributed by atoms with E-state index in [1.165, 1.54) is 9.21 Å². The summed E-state index contributed by atoms with van der Waals surface area (Å²) in [6.07, 6.45) is 1.45. The molecule has 0 aliphatic carbocycles. The maximum Gasteiger partial charge on any atom is 0.242 e. The predicted octanol–water partition coefficient (Wildman–Crippen LogP) is 3.84. The fourth-order valence-corrected chi connectivity index (χ4v) is 4.84. The van der Waals surface area contributed by atoms with Crippen LogP contribution in [-0.4, -0.2) is 57.1 Å². The van der Waals surface area contributed by atoms with Crippen LogP contribution in [0.25, 0.3) is 0 Å². The zero-order chi connectivity index (χ0) is 26.0. The number of likely N-dealkylation sites (N-methyl/N-ethyl adjacent to an activating group) is 1. The van der Waals surface area contributed by atoms with E-state index in [0.717, 1.165) is 11.8 Å². The average Bonchev–Trinajstić information content (AvgIpc) is 2.80. The molecule has 10 heteroatoms. The predicted molar refractivity (Wildman–Crippen MR) is 139 cm³/mol. The molecule has 192 valence electrons. The Balaban J connectivity index is 2.19. The molecule has 2 aromatic carbocycles. The van der Waals surface area contributed by atoms with E-state index >= 15 is 0 Å². The third-order valence-electron chi connectivity index (χ3n) is 5.35. The van der Waals surface area contributed by atoms with Crippen LogP contribution in [0, 0.1) is 0 Å². The quantitative estimate of drug-likeness (QED) is 0.430. The van der Waals surface area contributed by atoms with Gasteiger partial charge in [0.2, 0.25) is 21.8 Å². The van der Waals surface area contributed by atoms with Crippen molar-refractivity contribution in [2.45, 2.75) is 46.2 Å². The number of amides is 2. The van der Waals surface area contributed by atoms with Crippen LogP contribution in [0.1, 0.15) is 39.2 Å². The Labute approximate surface area is 213 Å². The molecule has 2 rings (SSSR count). The second-order valence-electron chi connectivity index (χ2n) is 8.06. The molecule has 0 aliphatic rings. The summed E-state index contributed by atoms with van der Waals surface area (Å²) in [6.45, 7) is 6.46. The number of halogens is 1. The van der Waals surface area contributed by atoms with Gasteiger partial charge in [-0.3, -0.25) is 13.9 Å². The SMILES string of the molecule is CCNC(=O)C(C)N(Cc1cccc(Cl)c1)C(=O)CCCN(c1ccccc1OCC)S(C)(=O)=O. The van der Waals surface area contributed by atoms with E-state index in [0.29, 0.717) is 29.6 Å². The summed E-state index contributed by atoms with van der Waals surface area (Å²) in [5.74, 6) is -0.0549. The lowest BCUT2D eigenvalue weighted by atomic mass is 10.1. The van der Waals surface area contributed by atoms with Gasteiger partial charge in [-0.15, -0.1) is 0 Å². The average molecular weight is 524 g/mol. The van der Waals surface area contributed by atoms with Gasteiger partial charge in [0, 0.05) is 31.1 Å². The van der Waals surface area contributed by atoms with Crippen molar-refractivity contribution in [3.05, 3.63) is 59.1 Å². The summed E-state index contributed by atoms with van der Waals surface area (Å²) in [5.41, 5.74) is 1.22. The zero-order valence-corrected chi connectivity index (χ0v) is 22.2. The van der Waals surface area contributed by atoms with E-state index in [-0.39, 0.29) is 37.7 Å². The second-order valence-corrected chi connectivity index (χ2v) is 10.4. The van der Waals surface area contributed by atoms with E-state index in [1.54, 1.807) is 49.4 Å². The van der Waals surface area contributed by atoms with Gasteiger partial charge in [-0.25, -0.2) is 8.42 Å². The van der Waals surface area contributed by atoms with Crippen LogP contribution >= 0.6 is 11.6 Å². The van der Waals surface area contributed by atoms with Crippen LogP contribution in [0.15, 0.2) is 48.5 Å².